The van der Waals surface area contributed by atoms with Crippen LogP contribution in [0.3, 0.4) is 0 Å². The zero-order chi connectivity index (χ0) is 30.3. The molecule has 0 radical (unpaired) electrons. The first-order chi connectivity index (χ1) is 20.0. The Morgan fingerprint density at radius 3 is 2.14 bits per heavy atom. The monoisotopic (exact) mass is 582 g/mol. The summed E-state index contributed by atoms with van der Waals surface area (Å²) in [5.74, 6) is -2.45. The quantitative estimate of drug-likeness (QED) is 0.152. The van der Waals surface area contributed by atoms with E-state index in [0.717, 1.165) is 33.6 Å². The van der Waals surface area contributed by atoms with Gasteiger partial charge in [-0.3, -0.25) is 9.48 Å². The first-order valence-corrected chi connectivity index (χ1v) is 12.6. The minimum Gasteiger partial charge on any atom is -0.475 e. The predicted molar refractivity (Wildman–Crippen MR) is 148 cm³/mol. The Labute approximate surface area is 237 Å². The molecule has 2 aromatic heterocycles. The fourth-order valence-electron chi connectivity index (χ4n) is 3.94. The number of nitrogens with one attached hydrogen (secondary N) is 3. The van der Waals surface area contributed by atoms with Gasteiger partial charge in [0.25, 0.3) is 5.91 Å². The lowest BCUT2D eigenvalue weighted by atomic mass is 10.0. The Morgan fingerprint density at radius 1 is 0.929 bits per heavy atom. The van der Waals surface area contributed by atoms with Gasteiger partial charge in [-0.05, 0) is 41.0 Å². The summed E-state index contributed by atoms with van der Waals surface area (Å²) in [5, 5.41) is 17.4. The average molecular weight is 583 g/mol. The van der Waals surface area contributed by atoms with E-state index in [1.165, 1.54) is 12.1 Å². The van der Waals surface area contributed by atoms with Crippen LogP contribution >= 0.6 is 0 Å². The van der Waals surface area contributed by atoms with Crippen molar-refractivity contribution in [3.63, 3.8) is 0 Å². The molecule has 0 spiro atoms. The number of aromatic amines is 1. The highest BCUT2D eigenvalue weighted by Gasteiger charge is 2.38. The van der Waals surface area contributed by atoms with Gasteiger partial charge in [0.1, 0.15) is 17.3 Å². The number of hydrogen-bond acceptors (Lipinski definition) is 5. The fourth-order valence-corrected chi connectivity index (χ4v) is 3.94. The number of carboxylic acids is 1. The number of alkyl halides is 3. The van der Waals surface area contributed by atoms with E-state index in [-0.39, 0.29) is 11.7 Å². The van der Waals surface area contributed by atoms with Crippen molar-refractivity contribution in [2.75, 3.05) is 13.1 Å². The summed E-state index contributed by atoms with van der Waals surface area (Å²) in [6.45, 7) is 1.92. The van der Waals surface area contributed by atoms with E-state index in [2.05, 4.69) is 62.1 Å². The minimum absolute atomic E-state index is 0.128. The SMILES string of the molecule is Cn1nccc1C(=O)NCCNCc1ccc(-c2ccc(-c3nc4ccc(F)cc4[nH]3)cc2)cc1.O=C(O)C(F)(F)F. The maximum absolute atomic E-state index is 13.4. The summed E-state index contributed by atoms with van der Waals surface area (Å²) in [7, 11) is 1.75. The Balaban J connectivity index is 0.000000517. The molecule has 0 bridgehead atoms. The molecule has 0 aliphatic heterocycles. The highest BCUT2D eigenvalue weighted by Crippen LogP contribution is 2.25. The molecule has 0 aliphatic carbocycles. The number of nitrogens with zero attached hydrogens (tertiary/aromatic N) is 3. The molecule has 9 nitrogen and oxygen atoms in total. The molecule has 0 fully saturated rings. The maximum atomic E-state index is 13.4. The largest absolute Gasteiger partial charge is 0.490 e. The molecule has 3 aromatic carbocycles. The molecule has 13 heteroatoms. The lowest BCUT2D eigenvalue weighted by molar-refractivity contribution is -0.192. The number of rotatable bonds is 8. The van der Waals surface area contributed by atoms with Gasteiger partial charge in [-0.2, -0.15) is 18.3 Å². The van der Waals surface area contributed by atoms with Crippen molar-refractivity contribution in [1.82, 2.24) is 30.4 Å². The van der Waals surface area contributed by atoms with Crippen LogP contribution in [0, 0.1) is 5.82 Å². The first-order valence-electron chi connectivity index (χ1n) is 12.6. The Morgan fingerprint density at radius 2 is 1.55 bits per heavy atom. The molecular formula is C29H26F4N6O3. The third-order valence-corrected chi connectivity index (χ3v) is 6.10. The van der Waals surface area contributed by atoms with Gasteiger partial charge in [-0.25, -0.2) is 14.2 Å². The second kappa shape index (κ2) is 13.1. The fraction of sp³-hybridized carbons (Fsp3) is 0.172. The van der Waals surface area contributed by atoms with Crippen LogP contribution in [0.2, 0.25) is 0 Å². The van der Waals surface area contributed by atoms with Crippen molar-refractivity contribution < 1.29 is 32.3 Å². The molecule has 0 atom stereocenters. The van der Waals surface area contributed by atoms with Gasteiger partial charge in [0.15, 0.2) is 0 Å². The number of halogens is 4. The van der Waals surface area contributed by atoms with Crippen molar-refractivity contribution in [3.05, 3.63) is 96.1 Å². The van der Waals surface area contributed by atoms with E-state index in [1.54, 1.807) is 30.1 Å². The zero-order valence-electron chi connectivity index (χ0n) is 22.2. The summed E-state index contributed by atoms with van der Waals surface area (Å²) in [6.07, 6.45) is -3.48. The van der Waals surface area contributed by atoms with Crippen molar-refractivity contribution in [3.8, 4) is 22.5 Å². The number of aliphatic carboxylic acids is 1. The van der Waals surface area contributed by atoms with Crippen LogP contribution in [0.1, 0.15) is 16.1 Å². The van der Waals surface area contributed by atoms with E-state index in [0.29, 0.717) is 30.8 Å². The van der Waals surface area contributed by atoms with Gasteiger partial charge in [0.2, 0.25) is 0 Å². The summed E-state index contributed by atoms with van der Waals surface area (Å²) in [4.78, 5) is 28.7. The van der Waals surface area contributed by atoms with Crippen LogP contribution in [-0.4, -0.2) is 56.0 Å². The van der Waals surface area contributed by atoms with Gasteiger partial charge < -0.3 is 20.7 Å². The van der Waals surface area contributed by atoms with Crippen LogP contribution in [0.15, 0.2) is 79.0 Å². The second-order valence-corrected chi connectivity index (χ2v) is 9.10. The molecule has 0 aliphatic rings. The lowest BCUT2D eigenvalue weighted by Gasteiger charge is -2.08. The van der Waals surface area contributed by atoms with E-state index >= 15 is 0 Å². The summed E-state index contributed by atoms with van der Waals surface area (Å²) in [5.41, 5.74) is 6.30. The minimum atomic E-state index is -5.08. The topological polar surface area (TPSA) is 125 Å². The van der Waals surface area contributed by atoms with Crippen LogP contribution in [0.4, 0.5) is 17.6 Å². The van der Waals surface area contributed by atoms with Crippen molar-refractivity contribution in [1.29, 1.82) is 0 Å². The molecule has 0 saturated heterocycles. The van der Waals surface area contributed by atoms with Crippen LogP contribution < -0.4 is 10.6 Å². The summed E-state index contributed by atoms with van der Waals surface area (Å²) >= 11 is 0. The van der Waals surface area contributed by atoms with Crippen LogP contribution in [-0.2, 0) is 18.4 Å². The number of fused-ring (bicyclic) bond motifs is 1. The molecule has 42 heavy (non-hydrogen) atoms. The van der Waals surface area contributed by atoms with Gasteiger partial charge in [-0.1, -0.05) is 48.5 Å². The highest BCUT2D eigenvalue weighted by molar-refractivity contribution is 5.92. The number of benzene rings is 3. The molecule has 0 saturated carbocycles. The highest BCUT2D eigenvalue weighted by atomic mass is 19.4. The molecular weight excluding hydrogens is 556 g/mol. The third-order valence-electron chi connectivity index (χ3n) is 6.10. The number of aromatic nitrogens is 4. The third kappa shape index (κ3) is 7.79. The van der Waals surface area contributed by atoms with Gasteiger partial charge in [0.05, 0.1) is 11.0 Å². The molecule has 218 valence electrons. The maximum Gasteiger partial charge on any atom is 0.490 e. The van der Waals surface area contributed by atoms with Crippen molar-refractivity contribution in [2.24, 2.45) is 7.05 Å². The number of carbonyl (C=O) groups is 2. The molecule has 5 rings (SSSR count). The van der Waals surface area contributed by atoms with Gasteiger partial charge in [0, 0.05) is 38.4 Å². The predicted octanol–water partition coefficient (Wildman–Crippen LogP) is 4.92. The van der Waals surface area contributed by atoms with E-state index in [1.807, 2.05) is 12.1 Å². The molecule has 4 N–H and O–H groups in total. The average Bonchev–Trinajstić information content (AvgIpc) is 3.59. The number of amides is 1. The standard InChI is InChI=1S/C27H25FN6O.C2HF3O2/c1-34-25(12-13-31-34)27(35)30-15-14-29-17-18-2-4-19(5-3-18)20-6-8-21(9-7-20)26-32-23-11-10-22(28)16-24(23)33-26;3-2(4,5)1(6)7/h2-13,16,29H,14-15,17H2,1H3,(H,30,35)(H,32,33);(H,6,7). The normalized spacial score (nSPS) is 11.2. The Hall–Kier alpha value is -5.04. The van der Waals surface area contributed by atoms with Crippen molar-refractivity contribution >= 4 is 22.9 Å². The number of aryl methyl sites for hydroxylation is 1. The summed E-state index contributed by atoms with van der Waals surface area (Å²) in [6, 6.07) is 22.8. The Bertz CT molecular complexity index is 1660. The smallest absolute Gasteiger partial charge is 0.475 e. The van der Waals surface area contributed by atoms with Crippen LogP contribution in [0.25, 0.3) is 33.5 Å². The Kier molecular flexibility index (Phi) is 9.32. The van der Waals surface area contributed by atoms with E-state index in [4.69, 9.17) is 9.90 Å². The molecule has 1 amide bonds. The molecule has 2 heterocycles. The van der Waals surface area contributed by atoms with E-state index < -0.39 is 12.1 Å². The van der Waals surface area contributed by atoms with E-state index in [9.17, 15) is 22.4 Å². The number of carbonyl (C=O) groups excluding carboxylic acids is 1. The lowest BCUT2D eigenvalue weighted by Crippen LogP contribution is -2.32. The van der Waals surface area contributed by atoms with Gasteiger partial charge >= 0.3 is 12.1 Å². The molecule has 0 unspecified atom stereocenters. The number of imidazole rings is 1. The second-order valence-electron chi connectivity index (χ2n) is 9.10. The number of H-pyrrole nitrogens is 1. The first kappa shape index (κ1) is 29.9. The van der Waals surface area contributed by atoms with Crippen molar-refractivity contribution in [2.45, 2.75) is 12.7 Å². The summed E-state index contributed by atoms with van der Waals surface area (Å²) < 4.78 is 46.7. The molecule has 5 aromatic rings. The van der Waals surface area contributed by atoms with Gasteiger partial charge in [-0.15, -0.1) is 0 Å². The number of carboxylic acid groups (broad SMARTS) is 1. The number of hydrogen-bond donors (Lipinski definition) is 4. The zero-order valence-corrected chi connectivity index (χ0v) is 22.2. The van der Waals surface area contributed by atoms with Crippen LogP contribution in [0.5, 0.6) is 0 Å².